The number of hydrogen-bond donors (Lipinski definition) is 2. The van der Waals surface area contributed by atoms with Crippen molar-refractivity contribution in [1.82, 2.24) is 0 Å². The molecule has 0 radical (unpaired) electrons. The number of aryl methyl sites for hydroxylation is 1. The van der Waals surface area contributed by atoms with Crippen LogP contribution >= 0.6 is 0 Å². The number of amides is 1. The molecule has 1 aliphatic rings. The number of hydrogen-bond acceptors (Lipinski definition) is 3. The molecular weight excluding hydrogens is 264 g/mol. The van der Waals surface area contributed by atoms with Crippen molar-refractivity contribution >= 4 is 17.3 Å². The van der Waals surface area contributed by atoms with Crippen LogP contribution in [0, 0.1) is 6.92 Å². The smallest absolute Gasteiger partial charge is 0.262 e. The van der Waals surface area contributed by atoms with Crippen LogP contribution in [-0.4, -0.2) is 12.5 Å². The van der Waals surface area contributed by atoms with E-state index in [1.807, 2.05) is 18.2 Å². The van der Waals surface area contributed by atoms with Crippen LogP contribution in [0.1, 0.15) is 24.1 Å². The van der Waals surface area contributed by atoms with Gasteiger partial charge in [-0.05, 0) is 43.7 Å². The van der Waals surface area contributed by atoms with Crippen LogP contribution < -0.4 is 15.4 Å². The molecule has 1 amide bonds. The van der Waals surface area contributed by atoms with Crippen LogP contribution in [0.4, 0.5) is 11.4 Å². The minimum Gasteiger partial charge on any atom is -0.482 e. The molecule has 1 heterocycles. The highest BCUT2D eigenvalue weighted by Crippen LogP contribution is 2.31. The fourth-order valence-electron chi connectivity index (χ4n) is 2.35. The Morgan fingerprint density at radius 3 is 2.71 bits per heavy atom. The molecule has 3 rings (SSSR count). The van der Waals surface area contributed by atoms with Crippen molar-refractivity contribution in [3.8, 4) is 5.75 Å². The Kier molecular flexibility index (Phi) is 3.52. The lowest BCUT2D eigenvalue weighted by Crippen LogP contribution is -2.25. The van der Waals surface area contributed by atoms with Crippen molar-refractivity contribution in [2.45, 2.75) is 19.9 Å². The minimum absolute atomic E-state index is 0.0868. The van der Waals surface area contributed by atoms with E-state index in [0.29, 0.717) is 0 Å². The molecule has 21 heavy (non-hydrogen) atoms. The van der Waals surface area contributed by atoms with Crippen LogP contribution in [-0.2, 0) is 4.79 Å². The maximum atomic E-state index is 11.4. The Labute approximate surface area is 124 Å². The average molecular weight is 282 g/mol. The number of rotatable bonds is 3. The summed E-state index contributed by atoms with van der Waals surface area (Å²) in [6.07, 6.45) is 0. The van der Waals surface area contributed by atoms with Gasteiger partial charge in [0.1, 0.15) is 5.75 Å². The Hall–Kier alpha value is -2.49. The summed E-state index contributed by atoms with van der Waals surface area (Å²) in [6.45, 7) is 4.25. The Morgan fingerprint density at radius 2 is 1.95 bits per heavy atom. The SMILES string of the molecule is Cc1ccc(NC(C)c2ccc3c(c2)NC(=O)CO3)cc1. The van der Waals surface area contributed by atoms with Crippen molar-refractivity contribution < 1.29 is 9.53 Å². The molecule has 2 aromatic carbocycles. The van der Waals surface area contributed by atoms with E-state index in [-0.39, 0.29) is 18.6 Å². The van der Waals surface area contributed by atoms with E-state index in [2.05, 4.69) is 48.7 Å². The van der Waals surface area contributed by atoms with Gasteiger partial charge in [0.2, 0.25) is 0 Å². The first-order chi connectivity index (χ1) is 10.1. The van der Waals surface area contributed by atoms with Crippen LogP contribution in [0.2, 0.25) is 0 Å². The summed E-state index contributed by atoms with van der Waals surface area (Å²) in [4.78, 5) is 11.4. The van der Waals surface area contributed by atoms with Gasteiger partial charge < -0.3 is 15.4 Å². The van der Waals surface area contributed by atoms with Crippen LogP contribution in [0.3, 0.4) is 0 Å². The monoisotopic (exact) mass is 282 g/mol. The number of anilines is 2. The zero-order chi connectivity index (χ0) is 14.8. The van der Waals surface area contributed by atoms with Gasteiger partial charge in [-0.3, -0.25) is 4.79 Å². The van der Waals surface area contributed by atoms with E-state index in [1.54, 1.807) is 0 Å². The van der Waals surface area contributed by atoms with Gasteiger partial charge >= 0.3 is 0 Å². The number of carbonyl (C=O) groups is 1. The molecule has 2 aromatic rings. The highest BCUT2D eigenvalue weighted by molar-refractivity contribution is 5.95. The number of fused-ring (bicyclic) bond motifs is 1. The molecule has 4 nitrogen and oxygen atoms in total. The second-order valence-electron chi connectivity index (χ2n) is 5.32. The zero-order valence-electron chi connectivity index (χ0n) is 12.1. The molecule has 0 aromatic heterocycles. The lowest BCUT2D eigenvalue weighted by Gasteiger charge is -2.21. The first kappa shape index (κ1) is 13.5. The normalized spacial score (nSPS) is 14.7. The standard InChI is InChI=1S/C17H18N2O2/c1-11-3-6-14(7-4-11)18-12(2)13-5-8-16-15(9-13)19-17(20)10-21-16/h3-9,12,18H,10H2,1-2H3,(H,19,20). The molecule has 0 fully saturated rings. The average Bonchev–Trinajstić information content (AvgIpc) is 2.48. The van der Waals surface area contributed by atoms with Gasteiger partial charge in [-0.25, -0.2) is 0 Å². The largest absolute Gasteiger partial charge is 0.482 e. The molecule has 0 saturated heterocycles. The molecule has 0 aliphatic carbocycles. The molecule has 1 unspecified atom stereocenters. The van der Waals surface area contributed by atoms with E-state index < -0.39 is 0 Å². The van der Waals surface area contributed by atoms with Crippen molar-refractivity contribution in [3.63, 3.8) is 0 Å². The van der Waals surface area contributed by atoms with Gasteiger partial charge in [-0.1, -0.05) is 23.8 Å². The summed E-state index contributed by atoms with van der Waals surface area (Å²) in [5, 5.41) is 6.28. The molecule has 0 bridgehead atoms. The first-order valence-electron chi connectivity index (χ1n) is 7.01. The maximum Gasteiger partial charge on any atom is 0.262 e. The number of nitrogens with one attached hydrogen (secondary N) is 2. The van der Waals surface area contributed by atoms with Gasteiger partial charge in [-0.15, -0.1) is 0 Å². The maximum absolute atomic E-state index is 11.4. The summed E-state index contributed by atoms with van der Waals surface area (Å²) in [5.74, 6) is 0.611. The van der Waals surface area contributed by atoms with Crippen molar-refractivity contribution in [3.05, 3.63) is 53.6 Å². The molecule has 1 aliphatic heterocycles. The lowest BCUT2D eigenvalue weighted by atomic mass is 10.1. The number of ether oxygens (including phenoxy) is 1. The van der Waals surface area contributed by atoms with E-state index in [1.165, 1.54) is 5.56 Å². The topological polar surface area (TPSA) is 50.4 Å². The zero-order valence-corrected chi connectivity index (χ0v) is 12.1. The van der Waals surface area contributed by atoms with E-state index >= 15 is 0 Å². The molecule has 2 N–H and O–H groups in total. The highest BCUT2D eigenvalue weighted by atomic mass is 16.5. The van der Waals surface area contributed by atoms with Gasteiger partial charge in [0, 0.05) is 11.7 Å². The van der Waals surface area contributed by atoms with Gasteiger partial charge in [0.05, 0.1) is 5.69 Å². The summed E-state index contributed by atoms with van der Waals surface area (Å²) < 4.78 is 5.37. The van der Waals surface area contributed by atoms with Crippen molar-refractivity contribution in [1.29, 1.82) is 0 Å². The summed E-state index contributed by atoms with van der Waals surface area (Å²) >= 11 is 0. The minimum atomic E-state index is -0.112. The number of carbonyl (C=O) groups excluding carboxylic acids is 1. The summed E-state index contributed by atoms with van der Waals surface area (Å²) in [5.41, 5.74) is 4.15. The third kappa shape index (κ3) is 2.99. The molecular formula is C17H18N2O2. The summed E-state index contributed by atoms with van der Waals surface area (Å²) in [7, 11) is 0. The molecule has 4 heteroatoms. The van der Waals surface area contributed by atoms with Crippen molar-refractivity contribution in [2.24, 2.45) is 0 Å². The molecule has 0 spiro atoms. The van der Waals surface area contributed by atoms with Gasteiger partial charge in [0.25, 0.3) is 5.91 Å². The molecule has 1 atom stereocenters. The second kappa shape index (κ2) is 5.48. The Morgan fingerprint density at radius 1 is 1.19 bits per heavy atom. The number of benzene rings is 2. The second-order valence-corrected chi connectivity index (χ2v) is 5.32. The van der Waals surface area contributed by atoms with Gasteiger partial charge in [-0.2, -0.15) is 0 Å². The fraction of sp³-hybridized carbons (Fsp3) is 0.235. The molecule has 108 valence electrons. The first-order valence-corrected chi connectivity index (χ1v) is 7.01. The van der Waals surface area contributed by atoms with Crippen molar-refractivity contribution in [2.75, 3.05) is 17.2 Å². The van der Waals surface area contributed by atoms with Crippen LogP contribution in [0.5, 0.6) is 5.75 Å². The van der Waals surface area contributed by atoms with E-state index in [4.69, 9.17) is 4.74 Å². The molecule has 0 saturated carbocycles. The third-order valence-corrected chi connectivity index (χ3v) is 3.57. The Balaban J connectivity index is 1.78. The lowest BCUT2D eigenvalue weighted by molar-refractivity contribution is -0.118. The quantitative estimate of drug-likeness (QED) is 0.906. The summed E-state index contributed by atoms with van der Waals surface area (Å²) in [6, 6.07) is 14.3. The van der Waals surface area contributed by atoms with Crippen LogP contribution in [0.15, 0.2) is 42.5 Å². The predicted molar refractivity (Wildman–Crippen MR) is 83.8 cm³/mol. The fourth-order valence-corrected chi connectivity index (χ4v) is 2.35. The third-order valence-electron chi connectivity index (χ3n) is 3.57. The van der Waals surface area contributed by atoms with E-state index in [0.717, 1.165) is 22.7 Å². The Bertz CT molecular complexity index is 665. The van der Waals surface area contributed by atoms with Gasteiger partial charge in [0.15, 0.2) is 6.61 Å². The highest BCUT2D eigenvalue weighted by Gasteiger charge is 2.17. The van der Waals surface area contributed by atoms with Crippen LogP contribution in [0.25, 0.3) is 0 Å². The van der Waals surface area contributed by atoms with E-state index in [9.17, 15) is 4.79 Å². The predicted octanol–water partition coefficient (Wildman–Crippen LogP) is 3.50.